The van der Waals surface area contributed by atoms with Crippen LogP contribution in [-0.2, 0) is 11.2 Å². The molecule has 3 aromatic rings. The summed E-state index contributed by atoms with van der Waals surface area (Å²) in [5, 5.41) is 1.05. The van der Waals surface area contributed by atoms with Crippen LogP contribution >= 0.6 is 0 Å². The fourth-order valence-electron chi connectivity index (χ4n) is 3.49. The van der Waals surface area contributed by atoms with E-state index in [1.807, 2.05) is 42.2 Å². The third-order valence-electron chi connectivity index (χ3n) is 4.95. The first-order valence-corrected chi connectivity index (χ1v) is 8.95. The monoisotopic (exact) mass is 350 g/mol. The first-order chi connectivity index (χ1) is 12.7. The number of benzene rings is 1. The molecule has 6 nitrogen and oxygen atoms in total. The summed E-state index contributed by atoms with van der Waals surface area (Å²) in [5.74, 6) is 0.0327. The van der Waals surface area contributed by atoms with E-state index in [0.29, 0.717) is 25.5 Å². The molecule has 1 aliphatic heterocycles. The molecule has 0 unspecified atom stereocenters. The number of hydrogen-bond donors (Lipinski definition) is 1. The molecule has 6 heteroatoms. The van der Waals surface area contributed by atoms with Crippen LogP contribution in [0.1, 0.15) is 28.3 Å². The summed E-state index contributed by atoms with van der Waals surface area (Å²) < 4.78 is 5.64. The fraction of sp³-hybridized carbons (Fsp3) is 0.350. The number of carbonyl (C=O) groups excluding carboxylic acids is 1. The normalized spacial score (nSPS) is 17.6. The van der Waals surface area contributed by atoms with E-state index in [-0.39, 0.29) is 11.9 Å². The molecule has 0 radical (unpaired) electrons. The number of morpholine rings is 1. The van der Waals surface area contributed by atoms with Crippen LogP contribution in [0.4, 0.5) is 0 Å². The highest BCUT2D eigenvalue weighted by Crippen LogP contribution is 2.20. The average molecular weight is 350 g/mol. The van der Waals surface area contributed by atoms with Crippen molar-refractivity contribution in [2.75, 3.05) is 19.8 Å². The third kappa shape index (κ3) is 3.32. The van der Waals surface area contributed by atoms with E-state index in [2.05, 4.69) is 15.0 Å². The highest BCUT2D eigenvalue weighted by molar-refractivity contribution is 5.98. The van der Waals surface area contributed by atoms with Crippen molar-refractivity contribution >= 4 is 16.8 Å². The number of amides is 1. The van der Waals surface area contributed by atoms with Gasteiger partial charge in [0, 0.05) is 29.8 Å². The van der Waals surface area contributed by atoms with Gasteiger partial charge in [-0.1, -0.05) is 18.2 Å². The molecule has 134 valence electrons. The Morgan fingerprint density at radius 3 is 3.00 bits per heavy atom. The Balaban J connectivity index is 1.51. The van der Waals surface area contributed by atoms with Crippen LogP contribution in [0.15, 0.2) is 42.7 Å². The number of nitrogens with zero attached hydrogens (tertiary/aromatic N) is 3. The number of aryl methyl sites for hydroxylation is 2. The Morgan fingerprint density at radius 1 is 1.31 bits per heavy atom. The van der Waals surface area contributed by atoms with E-state index in [0.717, 1.165) is 35.1 Å². The first kappa shape index (κ1) is 16.7. The molecular formula is C20H22N4O2. The van der Waals surface area contributed by atoms with Crippen molar-refractivity contribution in [3.05, 3.63) is 59.8 Å². The molecule has 1 atom stereocenters. The van der Waals surface area contributed by atoms with Gasteiger partial charge in [0.25, 0.3) is 5.91 Å². The van der Waals surface area contributed by atoms with Crippen LogP contribution in [0, 0.1) is 6.92 Å². The Labute approximate surface area is 152 Å². The summed E-state index contributed by atoms with van der Waals surface area (Å²) in [6.07, 6.45) is 5.01. The minimum Gasteiger partial charge on any atom is -0.377 e. The maximum atomic E-state index is 13.1. The van der Waals surface area contributed by atoms with E-state index in [1.54, 1.807) is 12.4 Å². The lowest BCUT2D eigenvalue weighted by atomic mass is 10.1. The topological polar surface area (TPSA) is 71.1 Å². The molecular weight excluding hydrogens is 328 g/mol. The molecule has 0 bridgehead atoms. The number of rotatable bonds is 4. The number of nitrogens with one attached hydrogen (secondary N) is 1. The average Bonchev–Trinajstić information content (AvgIpc) is 3.11. The molecule has 1 aromatic carbocycles. The molecule has 0 aliphatic carbocycles. The van der Waals surface area contributed by atoms with Crippen LogP contribution in [0.2, 0.25) is 0 Å². The standard InChI is InChI=1S/C20H22N4O2/c1-14-17(22-9-8-21-14)7-6-16-13-26-11-10-24(16)20(25)19-12-15-4-2-3-5-18(15)23-19/h2-5,8-9,12,16,23H,6-7,10-11,13H2,1H3/t16-/m1/s1. The quantitative estimate of drug-likeness (QED) is 0.785. The smallest absolute Gasteiger partial charge is 0.270 e. The molecule has 0 saturated carbocycles. The number of carbonyl (C=O) groups is 1. The third-order valence-corrected chi connectivity index (χ3v) is 4.95. The minimum absolute atomic E-state index is 0.0327. The summed E-state index contributed by atoms with van der Waals surface area (Å²) >= 11 is 0. The van der Waals surface area contributed by atoms with Gasteiger partial charge in [-0.2, -0.15) is 0 Å². The van der Waals surface area contributed by atoms with Gasteiger partial charge in [0.15, 0.2) is 0 Å². The molecule has 1 N–H and O–H groups in total. The van der Waals surface area contributed by atoms with Gasteiger partial charge in [-0.15, -0.1) is 0 Å². The van der Waals surface area contributed by atoms with Gasteiger partial charge in [0.05, 0.1) is 30.6 Å². The number of H-pyrrole nitrogens is 1. The summed E-state index contributed by atoms with van der Waals surface area (Å²) in [7, 11) is 0. The molecule has 1 fully saturated rings. The second-order valence-electron chi connectivity index (χ2n) is 6.62. The predicted molar refractivity (Wildman–Crippen MR) is 99.0 cm³/mol. The van der Waals surface area contributed by atoms with Gasteiger partial charge in [0.2, 0.25) is 0 Å². The number of aromatic nitrogens is 3. The maximum absolute atomic E-state index is 13.1. The van der Waals surface area contributed by atoms with Gasteiger partial charge in [-0.25, -0.2) is 0 Å². The summed E-state index contributed by atoms with van der Waals surface area (Å²) in [5.41, 5.74) is 3.54. The van der Waals surface area contributed by atoms with E-state index in [1.165, 1.54) is 0 Å². The van der Waals surface area contributed by atoms with Gasteiger partial charge >= 0.3 is 0 Å². The second-order valence-corrected chi connectivity index (χ2v) is 6.62. The lowest BCUT2D eigenvalue weighted by Gasteiger charge is -2.35. The second kappa shape index (κ2) is 7.25. The van der Waals surface area contributed by atoms with Gasteiger partial charge in [-0.05, 0) is 31.9 Å². The lowest BCUT2D eigenvalue weighted by Crippen LogP contribution is -2.49. The number of aromatic amines is 1. The van der Waals surface area contributed by atoms with E-state index in [9.17, 15) is 4.79 Å². The van der Waals surface area contributed by atoms with Crippen LogP contribution in [-0.4, -0.2) is 51.6 Å². The highest BCUT2D eigenvalue weighted by Gasteiger charge is 2.29. The van der Waals surface area contributed by atoms with Crippen molar-refractivity contribution in [1.82, 2.24) is 19.9 Å². The van der Waals surface area contributed by atoms with Gasteiger partial charge in [-0.3, -0.25) is 14.8 Å². The number of ether oxygens (including phenoxy) is 1. The lowest BCUT2D eigenvalue weighted by molar-refractivity contribution is -0.00439. The number of hydrogen-bond acceptors (Lipinski definition) is 4. The van der Waals surface area contributed by atoms with E-state index >= 15 is 0 Å². The predicted octanol–water partition coefficient (Wildman–Crippen LogP) is 2.74. The Morgan fingerprint density at radius 2 is 2.15 bits per heavy atom. The Bertz CT molecular complexity index is 888. The molecule has 1 saturated heterocycles. The van der Waals surface area contributed by atoms with E-state index in [4.69, 9.17) is 4.74 Å². The number of fused-ring (bicyclic) bond motifs is 1. The molecule has 4 rings (SSSR count). The van der Waals surface area contributed by atoms with Crippen LogP contribution in [0.25, 0.3) is 10.9 Å². The summed E-state index contributed by atoms with van der Waals surface area (Å²) in [6.45, 7) is 3.71. The van der Waals surface area contributed by atoms with Crippen LogP contribution < -0.4 is 0 Å². The van der Waals surface area contributed by atoms with Crippen LogP contribution in [0.3, 0.4) is 0 Å². The van der Waals surface area contributed by atoms with Crippen molar-refractivity contribution in [2.24, 2.45) is 0 Å². The zero-order valence-electron chi connectivity index (χ0n) is 14.8. The molecule has 26 heavy (non-hydrogen) atoms. The molecule has 1 aliphatic rings. The van der Waals surface area contributed by atoms with Gasteiger partial charge < -0.3 is 14.6 Å². The maximum Gasteiger partial charge on any atom is 0.270 e. The first-order valence-electron chi connectivity index (χ1n) is 8.95. The largest absolute Gasteiger partial charge is 0.377 e. The summed E-state index contributed by atoms with van der Waals surface area (Å²) in [6, 6.07) is 9.91. The molecule has 0 spiro atoms. The van der Waals surface area contributed by atoms with Crippen molar-refractivity contribution in [2.45, 2.75) is 25.8 Å². The van der Waals surface area contributed by atoms with Crippen molar-refractivity contribution < 1.29 is 9.53 Å². The Kier molecular flexibility index (Phi) is 4.67. The fourth-order valence-corrected chi connectivity index (χ4v) is 3.49. The summed E-state index contributed by atoms with van der Waals surface area (Å²) in [4.78, 5) is 26.9. The van der Waals surface area contributed by atoms with E-state index < -0.39 is 0 Å². The number of para-hydroxylation sites is 1. The van der Waals surface area contributed by atoms with Crippen LogP contribution in [0.5, 0.6) is 0 Å². The Hall–Kier alpha value is -2.73. The molecule has 2 aromatic heterocycles. The SMILES string of the molecule is Cc1nccnc1CC[C@@H]1COCCN1C(=O)c1cc2ccccc2[nH]1. The van der Waals surface area contributed by atoms with Crippen molar-refractivity contribution in [3.8, 4) is 0 Å². The zero-order chi connectivity index (χ0) is 17.9. The molecule has 3 heterocycles. The zero-order valence-corrected chi connectivity index (χ0v) is 14.8. The molecule has 1 amide bonds. The van der Waals surface area contributed by atoms with Gasteiger partial charge in [0.1, 0.15) is 5.69 Å². The minimum atomic E-state index is 0.0327. The van der Waals surface area contributed by atoms with Crippen molar-refractivity contribution in [3.63, 3.8) is 0 Å². The highest BCUT2D eigenvalue weighted by atomic mass is 16.5. The van der Waals surface area contributed by atoms with Crippen molar-refractivity contribution in [1.29, 1.82) is 0 Å².